The first-order chi connectivity index (χ1) is 28.7. The van der Waals surface area contributed by atoms with Crippen LogP contribution in [0.15, 0.2) is 0 Å². The molecule has 0 bridgehead atoms. The van der Waals surface area contributed by atoms with E-state index in [2.05, 4.69) is 41.5 Å². The average molecular weight is 835 g/mol. The Morgan fingerprint density at radius 3 is 0.881 bits per heavy atom. The number of hydrogen-bond donors (Lipinski definition) is 0. The van der Waals surface area contributed by atoms with E-state index in [-0.39, 0.29) is 31.1 Å². The average Bonchev–Trinajstić information content (AvgIpc) is 3.22. The molecule has 0 heterocycles. The van der Waals surface area contributed by atoms with E-state index in [1.54, 1.807) is 0 Å². The van der Waals surface area contributed by atoms with Crippen molar-refractivity contribution in [3.05, 3.63) is 0 Å². The van der Waals surface area contributed by atoms with Crippen LogP contribution in [-0.2, 0) is 28.6 Å². The maximum atomic E-state index is 12.8. The van der Waals surface area contributed by atoms with E-state index >= 15 is 0 Å². The second-order valence-electron chi connectivity index (χ2n) is 19.1. The van der Waals surface area contributed by atoms with Gasteiger partial charge in [-0.3, -0.25) is 14.4 Å². The van der Waals surface area contributed by atoms with Crippen molar-refractivity contribution in [2.24, 2.45) is 17.8 Å². The van der Waals surface area contributed by atoms with Crippen LogP contribution in [0.4, 0.5) is 0 Å². The Bertz CT molecular complexity index is 918. The SMILES string of the molecule is CCC(C)CCCCCCCCCCCCCCCCC(=O)OC[C@H](COC(=O)CCCCCCCCC(C)CC)OC(=O)CCCCCCCCCCCCC(C)C. The molecule has 0 saturated carbocycles. The summed E-state index contributed by atoms with van der Waals surface area (Å²) in [5.74, 6) is 1.67. The van der Waals surface area contributed by atoms with Crippen molar-refractivity contribution in [1.29, 1.82) is 0 Å². The highest BCUT2D eigenvalue weighted by atomic mass is 16.6. The molecule has 0 aromatic heterocycles. The first-order valence-electron chi connectivity index (χ1n) is 26.2. The summed E-state index contributed by atoms with van der Waals surface area (Å²) in [6.07, 6.45) is 43.7. The number of carbonyl (C=O) groups is 3. The van der Waals surface area contributed by atoms with E-state index in [0.717, 1.165) is 75.5 Å². The van der Waals surface area contributed by atoms with Gasteiger partial charge in [0.1, 0.15) is 13.2 Å². The number of carbonyl (C=O) groups excluding carboxylic acids is 3. The van der Waals surface area contributed by atoms with Crippen LogP contribution in [0.25, 0.3) is 0 Å². The Balaban J connectivity index is 4.28. The monoisotopic (exact) mass is 835 g/mol. The smallest absolute Gasteiger partial charge is 0.306 e. The normalized spacial score (nSPS) is 13.1. The molecule has 0 spiro atoms. The Hall–Kier alpha value is -1.59. The third-order valence-electron chi connectivity index (χ3n) is 12.6. The molecule has 0 aliphatic carbocycles. The zero-order valence-corrected chi connectivity index (χ0v) is 40.5. The van der Waals surface area contributed by atoms with Gasteiger partial charge in [-0.15, -0.1) is 0 Å². The highest BCUT2D eigenvalue weighted by Gasteiger charge is 2.19. The van der Waals surface area contributed by atoms with Gasteiger partial charge in [-0.2, -0.15) is 0 Å². The van der Waals surface area contributed by atoms with Crippen LogP contribution < -0.4 is 0 Å². The van der Waals surface area contributed by atoms with E-state index < -0.39 is 6.10 Å². The van der Waals surface area contributed by atoms with Gasteiger partial charge in [0.05, 0.1) is 0 Å². The molecule has 59 heavy (non-hydrogen) atoms. The van der Waals surface area contributed by atoms with Crippen molar-refractivity contribution in [1.82, 2.24) is 0 Å². The highest BCUT2D eigenvalue weighted by molar-refractivity contribution is 5.71. The summed E-state index contributed by atoms with van der Waals surface area (Å²) < 4.78 is 16.8. The van der Waals surface area contributed by atoms with Gasteiger partial charge in [0.25, 0.3) is 0 Å². The third-order valence-corrected chi connectivity index (χ3v) is 12.6. The van der Waals surface area contributed by atoms with Crippen LogP contribution in [0.3, 0.4) is 0 Å². The molecule has 350 valence electrons. The summed E-state index contributed by atoms with van der Waals surface area (Å²) in [5.41, 5.74) is 0. The van der Waals surface area contributed by atoms with Gasteiger partial charge in [0, 0.05) is 19.3 Å². The lowest BCUT2D eigenvalue weighted by Crippen LogP contribution is -2.30. The van der Waals surface area contributed by atoms with E-state index in [1.807, 2.05) is 0 Å². The molecule has 0 radical (unpaired) electrons. The zero-order valence-electron chi connectivity index (χ0n) is 40.5. The summed E-state index contributed by atoms with van der Waals surface area (Å²) in [5, 5.41) is 0. The lowest BCUT2D eigenvalue weighted by atomic mass is 9.99. The molecular weight excluding hydrogens is 733 g/mol. The fourth-order valence-corrected chi connectivity index (χ4v) is 7.87. The molecule has 0 fully saturated rings. The quantitative estimate of drug-likeness (QED) is 0.0345. The Kier molecular flexibility index (Phi) is 43.3. The second-order valence-corrected chi connectivity index (χ2v) is 19.1. The fraction of sp³-hybridized carbons (Fsp3) is 0.943. The highest BCUT2D eigenvalue weighted by Crippen LogP contribution is 2.18. The molecule has 2 unspecified atom stereocenters. The van der Waals surface area contributed by atoms with E-state index in [0.29, 0.717) is 19.3 Å². The first-order valence-corrected chi connectivity index (χ1v) is 26.2. The molecule has 0 aliphatic rings. The topological polar surface area (TPSA) is 78.9 Å². The molecule has 6 heteroatoms. The summed E-state index contributed by atoms with van der Waals surface area (Å²) in [4.78, 5) is 37.9. The molecule has 0 saturated heterocycles. The van der Waals surface area contributed by atoms with E-state index in [9.17, 15) is 14.4 Å². The van der Waals surface area contributed by atoms with Gasteiger partial charge in [-0.1, -0.05) is 247 Å². The minimum atomic E-state index is -0.763. The maximum absolute atomic E-state index is 12.8. The van der Waals surface area contributed by atoms with Gasteiger partial charge in [-0.25, -0.2) is 0 Å². The molecule has 0 aromatic carbocycles. The zero-order chi connectivity index (χ0) is 43.4. The van der Waals surface area contributed by atoms with Crippen molar-refractivity contribution in [3.63, 3.8) is 0 Å². The van der Waals surface area contributed by atoms with E-state index in [4.69, 9.17) is 14.2 Å². The van der Waals surface area contributed by atoms with Gasteiger partial charge in [0.15, 0.2) is 6.10 Å². The lowest BCUT2D eigenvalue weighted by Gasteiger charge is -2.18. The summed E-state index contributed by atoms with van der Waals surface area (Å²) in [6.45, 7) is 13.7. The molecule has 0 rings (SSSR count). The molecule has 3 atom stereocenters. The van der Waals surface area contributed by atoms with Crippen LogP contribution in [0.5, 0.6) is 0 Å². The van der Waals surface area contributed by atoms with E-state index in [1.165, 1.54) is 167 Å². The molecule has 0 aliphatic heterocycles. The van der Waals surface area contributed by atoms with Crippen LogP contribution in [0, 0.1) is 17.8 Å². The molecule has 6 nitrogen and oxygen atoms in total. The maximum Gasteiger partial charge on any atom is 0.306 e. The Morgan fingerprint density at radius 2 is 0.593 bits per heavy atom. The van der Waals surface area contributed by atoms with Crippen molar-refractivity contribution < 1.29 is 28.6 Å². The van der Waals surface area contributed by atoms with Crippen LogP contribution >= 0.6 is 0 Å². The lowest BCUT2D eigenvalue weighted by molar-refractivity contribution is -0.167. The molecule has 0 N–H and O–H groups in total. The number of rotatable bonds is 46. The van der Waals surface area contributed by atoms with Crippen molar-refractivity contribution >= 4 is 17.9 Å². The number of ether oxygens (including phenoxy) is 3. The van der Waals surface area contributed by atoms with Crippen LogP contribution in [0.1, 0.15) is 286 Å². The van der Waals surface area contributed by atoms with Crippen molar-refractivity contribution in [2.45, 2.75) is 292 Å². The summed E-state index contributed by atoms with van der Waals surface area (Å²) in [7, 11) is 0. The minimum Gasteiger partial charge on any atom is -0.462 e. The Labute approximate surface area is 368 Å². The van der Waals surface area contributed by atoms with Crippen LogP contribution in [0.2, 0.25) is 0 Å². The molecule has 0 amide bonds. The van der Waals surface area contributed by atoms with Gasteiger partial charge in [0.2, 0.25) is 0 Å². The molecular formula is C53H102O6. The number of unbranched alkanes of at least 4 members (excludes halogenated alkanes) is 27. The van der Waals surface area contributed by atoms with Crippen molar-refractivity contribution in [2.75, 3.05) is 13.2 Å². The minimum absolute atomic E-state index is 0.0653. The second kappa shape index (κ2) is 44.5. The van der Waals surface area contributed by atoms with Gasteiger partial charge >= 0.3 is 17.9 Å². The predicted octanol–water partition coefficient (Wildman–Crippen LogP) is 16.8. The first kappa shape index (κ1) is 57.4. The number of hydrogen-bond acceptors (Lipinski definition) is 6. The van der Waals surface area contributed by atoms with Gasteiger partial charge < -0.3 is 14.2 Å². The number of esters is 3. The predicted molar refractivity (Wildman–Crippen MR) is 252 cm³/mol. The van der Waals surface area contributed by atoms with Crippen molar-refractivity contribution in [3.8, 4) is 0 Å². The van der Waals surface area contributed by atoms with Crippen LogP contribution in [-0.4, -0.2) is 37.2 Å². The largest absolute Gasteiger partial charge is 0.462 e. The van der Waals surface area contributed by atoms with Gasteiger partial charge in [-0.05, 0) is 37.0 Å². The summed E-state index contributed by atoms with van der Waals surface area (Å²) >= 11 is 0. The summed E-state index contributed by atoms with van der Waals surface area (Å²) in [6, 6.07) is 0. The Morgan fingerprint density at radius 1 is 0.339 bits per heavy atom. The molecule has 0 aromatic rings. The standard InChI is InChI=1S/C53H102O6/c1-7-48(5)40-34-28-22-18-13-11-9-10-12-14-19-23-30-36-42-51(54)57-45-50(46-58-52(55)43-37-31-26-25-29-35-41-49(6)8-2)59-53(56)44-38-32-24-20-16-15-17-21-27-33-39-47(3)4/h47-50H,7-46H2,1-6H3/t48?,49?,50-/m1/s1. The fourth-order valence-electron chi connectivity index (χ4n) is 7.87. The third kappa shape index (κ3) is 44.3.